The second kappa shape index (κ2) is 8.67. The zero-order chi connectivity index (χ0) is 20.1. The van der Waals surface area contributed by atoms with Gasteiger partial charge in [-0.1, -0.05) is 54.6 Å². The van der Waals surface area contributed by atoms with Gasteiger partial charge in [0.2, 0.25) is 10.0 Å². The molecule has 0 aliphatic heterocycles. The highest BCUT2D eigenvalue weighted by Crippen LogP contribution is 2.32. The van der Waals surface area contributed by atoms with Crippen molar-refractivity contribution >= 4 is 16.0 Å². The molecule has 5 nitrogen and oxygen atoms in total. The number of carbonyl (C=O) groups is 1. The molecule has 2 aromatic carbocycles. The van der Waals surface area contributed by atoms with Gasteiger partial charge in [-0.05, 0) is 43.9 Å². The number of esters is 1. The third-order valence-electron chi connectivity index (χ3n) is 4.39. The van der Waals surface area contributed by atoms with Gasteiger partial charge in [0.1, 0.15) is 0 Å². The fraction of sp³-hybridized carbons (Fsp3) is 0.381. The first-order valence-electron chi connectivity index (χ1n) is 8.89. The molecule has 0 aromatic heterocycles. The Morgan fingerprint density at radius 3 is 2.22 bits per heavy atom. The van der Waals surface area contributed by atoms with Gasteiger partial charge >= 0.3 is 5.97 Å². The van der Waals surface area contributed by atoms with Gasteiger partial charge in [0.25, 0.3) is 0 Å². The number of nitrogens with one attached hydrogen (secondary N) is 1. The number of hydrogen-bond acceptors (Lipinski definition) is 4. The maximum atomic E-state index is 12.8. The Balaban J connectivity index is 2.46. The Bertz CT molecular complexity index is 871. The molecular weight excluding hydrogens is 362 g/mol. The first-order chi connectivity index (χ1) is 12.7. The highest BCUT2D eigenvalue weighted by Gasteiger charge is 2.32. The summed E-state index contributed by atoms with van der Waals surface area (Å²) in [7, 11) is -2.27. The molecule has 1 unspecified atom stereocenters. The third-order valence-corrected chi connectivity index (χ3v) is 6.60. The van der Waals surface area contributed by atoms with E-state index in [-0.39, 0.29) is 12.4 Å². The van der Waals surface area contributed by atoms with Gasteiger partial charge in [-0.25, -0.2) is 13.1 Å². The molecule has 0 aliphatic rings. The second-order valence-electron chi connectivity index (χ2n) is 7.35. The van der Waals surface area contributed by atoms with Crippen molar-refractivity contribution in [1.82, 2.24) is 4.72 Å². The van der Waals surface area contributed by atoms with E-state index in [0.29, 0.717) is 6.42 Å². The topological polar surface area (TPSA) is 72.5 Å². The minimum atomic E-state index is -3.60. The van der Waals surface area contributed by atoms with Gasteiger partial charge in [0, 0.05) is 12.5 Å². The Hall–Kier alpha value is -2.18. The van der Waals surface area contributed by atoms with Crippen LogP contribution in [0.1, 0.15) is 45.2 Å². The van der Waals surface area contributed by atoms with Gasteiger partial charge in [-0.2, -0.15) is 0 Å². The molecule has 1 N–H and O–H groups in total. The van der Waals surface area contributed by atoms with Crippen LogP contribution in [0.2, 0.25) is 0 Å². The molecule has 0 saturated carbocycles. The Morgan fingerprint density at radius 2 is 1.63 bits per heavy atom. The molecule has 2 aromatic rings. The molecular formula is C21H27NO4S. The summed E-state index contributed by atoms with van der Waals surface area (Å²) in [5.74, 6) is -0.368. The molecule has 0 bridgehead atoms. The number of carbonyl (C=O) groups excluding carboxylic acids is 1. The van der Waals surface area contributed by atoms with Gasteiger partial charge < -0.3 is 4.74 Å². The van der Waals surface area contributed by atoms with E-state index in [4.69, 9.17) is 4.74 Å². The fourth-order valence-electron chi connectivity index (χ4n) is 2.69. The molecule has 0 fully saturated rings. The van der Waals surface area contributed by atoms with Gasteiger partial charge in [0.15, 0.2) is 0 Å². The van der Waals surface area contributed by atoms with Crippen molar-refractivity contribution in [3.05, 3.63) is 60.2 Å². The average molecular weight is 390 g/mol. The summed E-state index contributed by atoms with van der Waals surface area (Å²) in [4.78, 5) is 11.7. The Morgan fingerprint density at radius 1 is 1.04 bits per heavy atom. The summed E-state index contributed by atoms with van der Waals surface area (Å²) in [6.07, 6.45) is 0.433. The normalized spacial score (nSPS) is 13.2. The summed E-state index contributed by atoms with van der Waals surface area (Å²) in [5, 5.41) is 0. The molecule has 1 atom stereocenters. The predicted octanol–water partition coefficient (Wildman–Crippen LogP) is 4.07. The molecule has 2 rings (SSSR count). The van der Waals surface area contributed by atoms with Crippen molar-refractivity contribution in [1.29, 1.82) is 0 Å². The first-order valence-corrected chi connectivity index (χ1v) is 10.4. The van der Waals surface area contributed by atoms with Crippen LogP contribution in [0.25, 0.3) is 11.1 Å². The van der Waals surface area contributed by atoms with Crippen LogP contribution >= 0.6 is 0 Å². The number of hydrogen-bond donors (Lipinski definition) is 1. The molecule has 0 amide bonds. The van der Waals surface area contributed by atoms with Gasteiger partial charge in [-0.3, -0.25) is 4.79 Å². The van der Waals surface area contributed by atoms with Crippen LogP contribution in [-0.2, 0) is 19.6 Å². The van der Waals surface area contributed by atoms with Gasteiger partial charge in [-0.15, -0.1) is 0 Å². The number of methoxy groups -OCH3 is 1. The molecule has 6 heteroatoms. The van der Waals surface area contributed by atoms with Crippen LogP contribution in [0.3, 0.4) is 0 Å². The largest absolute Gasteiger partial charge is 0.469 e. The van der Waals surface area contributed by atoms with Crippen LogP contribution in [0.15, 0.2) is 54.6 Å². The van der Waals surface area contributed by atoms with Crippen molar-refractivity contribution in [3.63, 3.8) is 0 Å². The van der Waals surface area contributed by atoms with E-state index in [1.807, 2.05) is 54.6 Å². The quantitative estimate of drug-likeness (QED) is 0.725. The van der Waals surface area contributed by atoms with Crippen molar-refractivity contribution in [2.45, 2.75) is 44.4 Å². The third kappa shape index (κ3) is 5.40. The average Bonchev–Trinajstić information content (AvgIpc) is 2.64. The lowest BCUT2D eigenvalue weighted by atomic mass is 9.93. The number of sulfonamides is 1. The van der Waals surface area contributed by atoms with Crippen molar-refractivity contribution in [3.8, 4) is 11.1 Å². The van der Waals surface area contributed by atoms with Gasteiger partial charge in [0.05, 0.1) is 11.9 Å². The lowest BCUT2D eigenvalue weighted by Crippen LogP contribution is -2.41. The van der Waals surface area contributed by atoms with E-state index >= 15 is 0 Å². The lowest BCUT2D eigenvalue weighted by Gasteiger charge is -2.27. The number of ether oxygens (including phenoxy) is 1. The van der Waals surface area contributed by atoms with E-state index in [1.54, 1.807) is 20.8 Å². The summed E-state index contributed by atoms with van der Waals surface area (Å²) >= 11 is 0. The molecule has 0 spiro atoms. The summed E-state index contributed by atoms with van der Waals surface area (Å²) < 4.78 is 32.1. The zero-order valence-corrected chi connectivity index (χ0v) is 17.0. The van der Waals surface area contributed by atoms with Crippen LogP contribution in [0.5, 0.6) is 0 Å². The van der Waals surface area contributed by atoms with Crippen LogP contribution in [0, 0.1) is 0 Å². The maximum Gasteiger partial charge on any atom is 0.305 e. The predicted molar refractivity (Wildman–Crippen MR) is 108 cm³/mol. The number of benzene rings is 2. The smallest absolute Gasteiger partial charge is 0.305 e. The zero-order valence-electron chi connectivity index (χ0n) is 16.2. The van der Waals surface area contributed by atoms with Crippen molar-refractivity contribution in [2.75, 3.05) is 7.11 Å². The van der Waals surface area contributed by atoms with Crippen molar-refractivity contribution in [2.24, 2.45) is 0 Å². The van der Waals surface area contributed by atoms with E-state index in [1.165, 1.54) is 7.11 Å². The van der Waals surface area contributed by atoms with E-state index < -0.39 is 20.8 Å². The summed E-state index contributed by atoms with van der Waals surface area (Å²) in [6.45, 7) is 4.95. The van der Waals surface area contributed by atoms with E-state index in [2.05, 4.69) is 4.72 Å². The molecule has 0 aliphatic carbocycles. The molecule has 0 radical (unpaired) electrons. The Labute approximate surface area is 161 Å². The first kappa shape index (κ1) is 21.1. The van der Waals surface area contributed by atoms with Crippen molar-refractivity contribution < 1.29 is 17.9 Å². The minimum Gasteiger partial charge on any atom is -0.469 e. The number of rotatable bonds is 7. The summed E-state index contributed by atoms with van der Waals surface area (Å²) in [5.41, 5.74) is 2.76. The molecule has 0 heterocycles. The highest BCUT2D eigenvalue weighted by molar-refractivity contribution is 7.90. The molecule has 146 valence electrons. The standard InChI is InChI=1S/C21H27NO4S/c1-21(2,3)27(24,25)22-19(14-15-20(23)26-4)18-13-9-8-12-17(18)16-10-6-5-7-11-16/h5-13,19,22H,14-15H2,1-4H3. The molecule has 0 saturated heterocycles. The van der Waals surface area contributed by atoms with Crippen LogP contribution in [-0.4, -0.2) is 26.2 Å². The molecule has 27 heavy (non-hydrogen) atoms. The SMILES string of the molecule is COC(=O)CCC(NS(=O)(=O)C(C)(C)C)c1ccccc1-c1ccccc1. The van der Waals surface area contributed by atoms with Crippen LogP contribution in [0.4, 0.5) is 0 Å². The van der Waals surface area contributed by atoms with E-state index in [9.17, 15) is 13.2 Å². The highest BCUT2D eigenvalue weighted by atomic mass is 32.2. The minimum absolute atomic E-state index is 0.122. The second-order valence-corrected chi connectivity index (χ2v) is 9.82. The van der Waals surface area contributed by atoms with E-state index in [0.717, 1.165) is 16.7 Å². The monoisotopic (exact) mass is 389 g/mol. The maximum absolute atomic E-state index is 12.8. The summed E-state index contributed by atoms with van der Waals surface area (Å²) in [6, 6.07) is 16.9. The van der Waals surface area contributed by atoms with Crippen LogP contribution < -0.4 is 4.72 Å². The lowest BCUT2D eigenvalue weighted by molar-refractivity contribution is -0.140. The Kier molecular flexibility index (Phi) is 6.78. The fourth-order valence-corrected chi connectivity index (χ4v) is 3.66.